The van der Waals surface area contributed by atoms with Crippen LogP contribution in [0.25, 0.3) is 5.69 Å². The molecule has 0 unspecified atom stereocenters. The second-order valence-electron chi connectivity index (χ2n) is 5.73. The van der Waals surface area contributed by atoms with E-state index in [1.165, 1.54) is 0 Å². The van der Waals surface area contributed by atoms with Gasteiger partial charge in [0.25, 0.3) is 5.91 Å². The fourth-order valence-corrected chi connectivity index (χ4v) is 2.46. The number of aryl methyl sites for hydroxylation is 1. The maximum atomic E-state index is 12.1. The molecule has 0 bridgehead atoms. The number of carbonyl (C=O) groups excluding carboxylic acids is 1. The van der Waals surface area contributed by atoms with E-state index in [2.05, 4.69) is 17.2 Å². The molecule has 0 aliphatic heterocycles. The SMILES string of the molecule is Cc1ccccc1OCC#CCNC(=O)c1ccc(-n2cccc2)cc1. The maximum absolute atomic E-state index is 12.1. The summed E-state index contributed by atoms with van der Waals surface area (Å²) < 4.78 is 7.58. The Morgan fingerprint density at radius 2 is 1.73 bits per heavy atom. The van der Waals surface area contributed by atoms with Gasteiger partial charge in [0.2, 0.25) is 0 Å². The molecule has 4 heteroatoms. The fourth-order valence-electron chi connectivity index (χ4n) is 2.46. The smallest absolute Gasteiger partial charge is 0.252 e. The molecule has 0 saturated heterocycles. The number of aromatic nitrogens is 1. The molecule has 2 aromatic carbocycles. The van der Waals surface area contributed by atoms with Gasteiger partial charge in [0.05, 0.1) is 6.54 Å². The van der Waals surface area contributed by atoms with E-state index in [0.717, 1.165) is 17.0 Å². The van der Waals surface area contributed by atoms with Gasteiger partial charge in [-0.05, 0) is 55.0 Å². The molecule has 0 radical (unpaired) electrons. The summed E-state index contributed by atoms with van der Waals surface area (Å²) in [6.07, 6.45) is 3.92. The molecule has 26 heavy (non-hydrogen) atoms. The highest BCUT2D eigenvalue weighted by Gasteiger charge is 2.04. The van der Waals surface area contributed by atoms with Crippen molar-refractivity contribution in [3.8, 4) is 23.3 Å². The van der Waals surface area contributed by atoms with Crippen LogP contribution in [0.15, 0.2) is 73.1 Å². The molecule has 0 atom stereocenters. The van der Waals surface area contributed by atoms with E-state index in [9.17, 15) is 4.79 Å². The summed E-state index contributed by atoms with van der Waals surface area (Å²) in [6.45, 7) is 2.58. The molecule has 1 heterocycles. The Kier molecular flexibility index (Phi) is 5.74. The number of carbonyl (C=O) groups is 1. The molecule has 0 fully saturated rings. The summed E-state index contributed by atoms with van der Waals surface area (Å²) in [4.78, 5) is 12.1. The van der Waals surface area contributed by atoms with Gasteiger partial charge in [0.15, 0.2) is 0 Å². The number of ether oxygens (including phenoxy) is 1. The van der Waals surface area contributed by atoms with Gasteiger partial charge in [0, 0.05) is 23.6 Å². The molecule has 0 aliphatic carbocycles. The predicted octanol–water partition coefficient (Wildman–Crippen LogP) is 3.60. The molecule has 0 spiro atoms. The molecule has 1 N–H and O–H groups in total. The minimum absolute atomic E-state index is 0.141. The molecule has 3 rings (SSSR count). The first-order valence-corrected chi connectivity index (χ1v) is 8.40. The van der Waals surface area contributed by atoms with E-state index in [1.54, 1.807) is 12.1 Å². The van der Waals surface area contributed by atoms with Crippen molar-refractivity contribution in [2.24, 2.45) is 0 Å². The number of nitrogens with one attached hydrogen (secondary N) is 1. The van der Waals surface area contributed by atoms with Crippen molar-refractivity contribution >= 4 is 5.91 Å². The Hall–Kier alpha value is -3.45. The summed E-state index contributed by atoms with van der Waals surface area (Å²) in [5.74, 6) is 6.49. The van der Waals surface area contributed by atoms with Gasteiger partial charge in [-0.25, -0.2) is 0 Å². The second-order valence-corrected chi connectivity index (χ2v) is 5.73. The van der Waals surface area contributed by atoms with Crippen molar-refractivity contribution in [1.82, 2.24) is 9.88 Å². The van der Waals surface area contributed by atoms with Gasteiger partial charge >= 0.3 is 0 Å². The van der Waals surface area contributed by atoms with E-state index in [1.807, 2.05) is 72.4 Å². The third-order valence-electron chi connectivity index (χ3n) is 3.89. The molecule has 1 aromatic heterocycles. The Labute approximate surface area is 153 Å². The highest BCUT2D eigenvalue weighted by atomic mass is 16.5. The molecular formula is C22H20N2O2. The van der Waals surface area contributed by atoms with Gasteiger partial charge in [-0.3, -0.25) is 4.79 Å². The lowest BCUT2D eigenvalue weighted by molar-refractivity contribution is 0.0958. The zero-order valence-electron chi connectivity index (χ0n) is 14.6. The third-order valence-corrected chi connectivity index (χ3v) is 3.89. The van der Waals surface area contributed by atoms with Crippen LogP contribution in [0.3, 0.4) is 0 Å². The molecule has 0 aliphatic rings. The van der Waals surface area contributed by atoms with Gasteiger partial charge in [-0.2, -0.15) is 0 Å². The largest absolute Gasteiger partial charge is 0.481 e. The Morgan fingerprint density at radius 3 is 2.46 bits per heavy atom. The highest BCUT2D eigenvalue weighted by Crippen LogP contribution is 2.15. The first-order chi connectivity index (χ1) is 12.7. The minimum Gasteiger partial charge on any atom is -0.481 e. The Bertz CT molecular complexity index is 917. The lowest BCUT2D eigenvalue weighted by Crippen LogP contribution is -2.23. The number of hydrogen-bond donors (Lipinski definition) is 1. The second kappa shape index (κ2) is 8.59. The summed E-state index contributed by atoms with van der Waals surface area (Å²) in [7, 11) is 0. The number of benzene rings is 2. The van der Waals surface area contributed by atoms with Crippen LogP contribution >= 0.6 is 0 Å². The van der Waals surface area contributed by atoms with Crippen LogP contribution in [-0.4, -0.2) is 23.6 Å². The zero-order valence-corrected chi connectivity index (χ0v) is 14.6. The van der Waals surface area contributed by atoms with Crippen molar-refractivity contribution in [3.05, 3.63) is 84.2 Å². The van der Waals surface area contributed by atoms with Crippen molar-refractivity contribution in [2.75, 3.05) is 13.2 Å². The number of hydrogen-bond acceptors (Lipinski definition) is 2. The molecular weight excluding hydrogens is 324 g/mol. The van der Waals surface area contributed by atoms with E-state index in [4.69, 9.17) is 4.74 Å². The summed E-state index contributed by atoms with van der Waals surface area (Å²) >= 11 is 0. The van der Waals surface area contributed by atoms with Crippen molar-refractivity contribution in [1.29, 1.82) is 0 Å². The van der Waals surface area contributed by atoms with Crippen LogP contribution in [0.4, 0.5) is 0 Å². The van der Waals surface area contributed by atoms with Crippen molar-refractivity contribution in [2.45, 2.75) is 6.92 Å². The van der Waals surface area contributed by atoms with Crippen LogP contribution in [0.5, 0.6) is 5.75 Å². The zero-order chi connectivity index (χ0) is 18.2. The van der Waals surface area contributed by atoms with E-state index >= 15 is 0 Å². The Balaban J connectivity index is 1.45. The van der Waals surface area contributed by atoms with Gasteiger partial charge < -0.3 is 14.6 Å². The normalized spacial score (nSPS) is 9.88. The monoisotopic (exact) mass is 344 g/mol. The Morgan fingerprint density at radius 1 is 1.00 bits per heavy atom. The maximum Gasteiger partial charge on any atom is 0.252 e. The lowest BCUT2D eigenvalue weighted by Gasteiger charge is -2.05. The van der Waals surface area contributed by atoms with Crippen molar-refractivity contribution in [3.63, 3.8) is 0 Å². The van der Waals surface area contributed by atoms with Gasteiger partial charge in [-0.1, -0.05) is 30.0 Å². The van der Waals surface area contributed by atoms with E-state index in [-0.39, 0.29) is 12.5 Å². The predicted molar refractivity (Wildman–Crippen MR) is 103 cm³/mol. The first-order valence-electron chi connectivity index (χ1n) is 8.40. The quantitative estimate of drug-likeness (QED) is 0.719. The average molecular weight is 344 g/mol. The molecule has 1 amide bonds. The molecule has 3 aromatic rings. The van der Waals surface area contributed by atoms with Crippen LogP contribution < -0.4 is 10.1 Å². The highest BCUT2D eigenvalue weighted by molar-refractivity contribution is 5.94. The number of nitrogens with zero attached hydrogens (tertiary/aromatic N) is 1. The van der Waals surface area contributed by atoms with Gasteiger partial charge in [-0.15, -0.1) is 0 Å². The summed E-state index contributed by atoms with van der Waals surface area (Å²) in [5, 5.41) is 2.79. The summed E-state index contributed by atoms with van der Waals surface area (Å²) in [5.41, 5.74) is 2.70. The lowest BCUT2D eigenvalue weighted by atomic mass is 10.2. The summed E-state index contributed by atoms with van der Waals surface area (Å²) in [6, 6.07) is 19.2. The third kappa shape index (κ3) is 4.55. The average Bonchev–Trinajstić information content (AvgIpc) is 3.20. The van der Waals surface area contributed by atoms with Crippen LogP contribution in [0.1, 0.15) is 15.9 Å². The first kappa shape index (κ1) is 17.4. The van der Waals surface area contributed by atoms with Crippen molar-refractivity contribution < 1.29 is 9.53 Å². The van der Waals surface area contributed by atoms with Gasteiger partial charge in [0.1, 0.15) is 12.4 Å². The number of amides is 1. The minimum atomic E-state index is -0.141. The van der Waals surface area contributed by atoms with Crippen LogP contribution in [-0.2, 0) is 0 Å². The molecule has 130 valence electrons. The molecule has 0 saturated carbocycles. The van der Waals surface area contributed by atoms with Crippen LogP contribution in [0.2, 0.25) is 0 Å². The number of rotatable bonds is 5. The van der Waals surface area contributed by atoms with E-state index in [0.29, 0.717) is 12.2 Å². The van der Waals surface area contributed by atoms with Crippen LogP contribution in [0, 0.1) is 18.8 Å². The topological polar surface area (TPSA) is 43.3 Å². The molecule has 4 nitrogen and oxygen atoms in total. The number of para-hydroxylation sites is 1. The van der Waals surface area contributed by atoms with E-state index < -0.39 is 0 Å². The standard InChI is InChI=1S/C22H20N2O2/c1-18-8-2-3-9-21(18)26-17-7-4-14-23-22(25)19-10-12-20(13-11-19)24-15-5-6-16-24/h2-3,5-6,8-13,15-16H,14,17H2,1H3,(H,23,25). The fraction of sp³-hybridized carbons (Fsp3) is 0.136.